The SMILES string of the molecule is c1cc(OCCOC2CCCCO2)c2ccoc2c1. The molecule has 4 nitrogen and oxygen atoms in total. The molecule has 1 aromatic heterocycles. The minimum Gasteiger partial charge on any atom is -0.490 e. The zero-order chi connectivity index (χ0) is 12.9. The monoisotopic (exact) mass is 262 g/mol. The second-order valence-electron chi connectivity index (χ2n) is 4.60. The Bertz CT molecular complexity index is 514. The van der Waals surface area contributed by atoms with Crippen molar-refractivity contribution in [2.24, 2.45) is 0 Å². The van der Waals surface area contributed by atoms with Crippen molar-refractivity contribution in [2.45, 2.75) is 25.6 Å². The number of hydrogen-bond acceptors (Lipinski definition) is 4. The summed E-state index contributed by atoms with van der Waals surface area (Å²) in [5.41, 5.74) is 0.842. The Kier molecular flexibility index (Phi) is 4.01. The molecule has 0 amide bonds. The van der Waals surface area contributed by atoms with Crippen molar-refractivity contribution >= 4 is 11.0 Å². The third-order valence-corrected chi connectivity index (χ3v) is 3.24. The summed E-state index contributed by atoms with van der Waals surface area (Å²) < 4.78 is 22.2. The molecule has 2 aromatic rings. The zero-order valence-electron chi connectivity index (χ0n) is 10.8. The molecule has 0 bridgehead atoms. The average molecular weight is 262 g/mol. The second-order valence-corrected chi connectivity index (χ2v) is 4.60. The van der Waals surface area contributed by atoms with Gasteiger partial charge in [-0.1, -0.05) is 6.07 Å². The van der Waals surface area contributed by atoms with Gasteiger partial charge in [-0.3, -0.25) is 0 Å². The Balaban J connectivity index is 1.48. The van der Waals surface area contributed by atoms with Crippen molar-refractivity contribution < 1.29 is 18.6 Å². The molecule has 1 aliphatic heterocycles. The van der Waals surface area contributed by atoms with Crippen LogP contribution < -0.4 is 4.74 Å². The highest BCUT2D eigenvalue weighted by Crippen LogP contribution is 2.26. The highest BCUT2D eigenvalue weighted by molar-refractivity contribution is 5.83. The fraction of sp³-hybridized carbons (Fsp3) is 0.467. The molecule has 0 spiro atoms. The normalized spacial score (nSPS) is 19.7. The standard InChI is InChI=1S/C15H18O4/c1-2-8-18-15(6-1)19-11-10-17-14-5-3-4-13-12(14)7-9-16-13/h3-5,7,9,15H,1-2,6,8,10-11H2. The maximum atomic E-state index is 5.73. The average Bonchev–Trinajstić information content (AvgIpc) is 2.94. The Morgan fingerprint density at radius 3 is 3.05 bits per heavy atom. The second kappa shape index (κ2) is 6.08. The minimum absolute atomic E-state index is 0.0536. The predicted octanol–water partition coefficient (Wildman–Crippen LogP) is 3.35. The maximum Gasteiger partial charge on any atom is 0.157 e. The van der Waals surface area contributed by atoms with Gasteiger partial charge < -0.3 is 18.6 Å². The Morgan fingerprint density at radius 1 is 1.16 bits per heavy atom. The van der Waals surface area contributed by atoms with Crippen LogP contribution in [0.4, 0.5) is 0 Å². The van der Waals surface area contributed by atoms with E-state index in [1.807, 2.05) is 24.3 Å². The number of fused-ring (bicyclic) bond motifs is 1. The van der Waals surface area contributed by atoms with E-state index in [2.05, 4.69) is 0 Å². The highest BCUT2D eigenvalue weighted by atomic mass is 16.7. The van der Waals surface area contributed by atoms with Gasteiger partial charge in [0.25, 0.3) is 0 Å². The van der Waals surface area contributed by atoms with Crippen LogP contribution in [0.25, 0.3) is 11.0 Å². The molecule has 0 N–H and O–H groups in total. The molecule has 1 unspecified atom stereocenters. The number of hydrogen-bond donors (Lipinski definition) is 0. The van der Waals surface area contributed by atoms with E-state index < -0.39 is 0 Å². The first-order chi connectivity index (χ1) is 9.43. The Hall–Kier alpha value is -1.52. The third kappa shape index (κ3) is 3.08. The van der Waals surface area contributed by atoms with Crippen molar-refractivity contribution in [3.05, 3.63) is 30.5 Å². The van der Waals surface area contributed by atoms with Gasteiger partial charge in [-0.25, -0.2) is 0 Å². The molecular formula is C15H18O4. The molecule has 2 heterocycles. The van der Waals surface area contributed by atoms with Gasteiger partial charge in [0.05, 0.1) is 18.3 Å². The fourth-order valence-corrected chi connectivity index (χ4v) is 2.27. The number of benzene rings is 1. The van der Waals surface area contributed by atoms with Gasteiger partial charge in [-0.05, 0) is 37.5 Å². The molecule has 19 heavy (non-hydrogen) atoms. The van der Waals surface area contributed by atoms with E-state index in [0.717, 1.165) is 36.2 Å². The summed E-state index contributed by atoms with van der Waals surface area (Å²) in [5, 5.41) is 0.997. The summed E-state index contributed by atoms with van der Waals surface area (Å²) in [4.78, 5) is 0. The van der Waals surface area contributed by atoms with Crippen LogP contribution in [-0.4, -0.2) is 26.1 Å². The van der Waals surface area contributed by atoms with Crippen LogP contribution in [0.15, 0.2) is 34.9 Å². The summed E-state index contributed by atoms with van der Waals surface area (Å²) in [5.74, 6) is 0.833. The number of rotatable bonds is 5. The first-order valence-corrected chi connectivity index (χ1v) is 6.76. The zero-order valence-corrected chi connectivity index (χ0v) is 10.8. The summed E-state index contributed by atoms with van der Waals surface area (Å²) >= 11 is 0. The van der Waals surface area contributed by atoms with Crippen LogP contribution >= 0.6 is 0 Å². The van der Waals surface area contributed by atoms with E-state index in [9.17, 15) is 0 Å². The first-order valence-electron chi connectivity index (χ1n) is 6.76. The predicted molar refractivity (Wildman–Crippen MR) is 71.3 cm³/mol. The van der Waals surface area contributed by atoms with Crippen LogP contribution in [0.2, 0.25) is 0 Å². The molecule has 0 saturated carbocycles. The molecule has 0 aliphatic carbocycles. The quantitative estimate of drug-likeness (QED) is 0.775. The molecule has 1 atom stereocenters. The number of furan rings is 1. The van der Waals surface area contributed by atoms with Crippen molar-refractivity contribution in [3.8, 4) is 5.75 Å². The van der Waals surface area contributed by atoms with Gasteiger partial charge in [-0.15, -0.1) is 0 Å². The number of ether oxygens (including phenoxy) is 3. The summed E-state index contributed by atoms with van der Waals surface area (Å²) in [6, 6.07) is 7.70. The minimum atomic E-state index is -0.0536. The van der Waals surface area contributed by atoms with Gasteiger partial charge in [-0.2, -0.15) is 0 Å². The lowest BCUT2D eigenvalue weighted by Gasteiger charge is -2.22. The topological polar surface area (TPSA) is 40.8 Å². The largest absolute Gasteiger partial charge is 0.490 e. The van der Waals surface area contributed by atoms with Gasteiger partial charge in [0, 0.05) is 6.61 Å². The third-order valence-electron chi connectivity index (χ3n) is 3.24. The Labute approximate surface area is 112 Å². The van der Waals surface area contributed by atoms with Gasteiger partial charge in [0.1, 0.15) is 17.9 Å². The maximum absolute atomic E-state index is 5.73. The molecule has 0 radical (unpaired) electrons. The fourth-order valence-electron chi connectivity index (χ4n) is 2.27. The molecule has 1 saturated heterocycles. The molecule has 1 fully saturated rings. The van der Waals surface area contributed by atoms with E-state index in [1.54, 1.807) is 6.26 Å². The highest BCUT2D eigenvalue weighted by Gasteiger charge is 2.13. The molecule has 1 aliphatic rings. The van der Waals surface area contributed by atoms with Crippen molar-refractivity contribution in [1.29, 1.82) is 0 Å². The lowest BCUT2D eigenvalue weighted by Crippen LogP contribution is -2.24. The molecule has 1 aromatic carbocycles. The van der Waals surface area contributed by atoms with E-state index in [-0.39, 0.29) is 6.29 Å². The van der Waals surface area contributed by atoms with Crippen LogP contribution in [0.1, 0.15) is 19.3 Å². The first kappa shape index (κ1) is 12.5. The molecule has 4 heteroatoms. The van der Waals surface area contributed by atoms with E-state index in [1.165, 1.54) is 6.42 Å². The summed E-state index contributed by atoms with van der Waals surface area (Å²) in [6.45, 7) is 1.86. The van der Waals surface area contributed by atoms with Crippen molar-refractivity contribution in [1.82, 2.24) is 0 Å². The van der Waals surface area contributed by atoms with Crippen LogP contribution in [0, 0.1) is 0 Å². The summed E-state index contributed by atoms with van der Waals surface area (Å²) in [7, 11) is 0. The van der Waals surface area contributed by atoms with E-state index in [0.29, 0.717) is 13.2 Å². The smallest absolute Gasteiger partial charge is 0.157 e. The van der Waals surface area contributed by atoms with Crippen molar-refractivity contribution in [3.63, 3.8) is 0 Å². The van der Waals surface area contributed by atoms with Crippen molar-refractivity contribution in [2.75, 3.05) is 19.8 Å². The lowest BCUT2D eigenvalue weighted by atomic mass is 10.2. The van der Waals surface area contributed by atoms with Gasteiger partial charge in [0.2, 0.25) is 0 Å². The van der Waals surface area contributed by atoms with Gasteiger partial charge in [0.15, 0.2) is 6.29 Å². The van der Waals surface area contributed by atoms with Crippen LogP contribution in [0.5, 0.6) is 5.75 Å². The lowest BCUT2D eigenvalue weighted by molar-refractivity contribution is -0.165. The molecule has 3 rings (SSSR count). The van der Waals surface area contributed by atoms with Crippen LogP contribution in [0.3, 0.4) is 0 Å². The van der Waals surface area contributed by atoms with Gasteiger partial charge >= 0.3 is 0 Å². The molecular weight excluding hydrogens is 244 g/mol. The Morgan fingerprint density at radius 2 is 2.16 bits per heavy atom. The van der Waals surface area contributed by atoms with Crippen LogP contribution in [-0.2, 0) is 9.47 Å². The summed E-state index contributed by atoms with van der Waals surface area (Å²) in [6.07, 6.45) is 4.92. The van der Waals surface area contributed by atoms with E-state index >= 15 is 0 Å². The molecule has 102 valence electrons. The van der Waals surface area contributed by atoms with E-state index in [4.69, 9.17) is 18.6 Å².